The molecule has 6 heteroatoms. The maximum absolute atomic E-state index is 12.7. The maximum atomic E-state index is 12.7. The average molecular weight is 352 g/mol. The van der Waals surface area contributed by atoms with Crippen LogP contribution in [0, 0.1) is 5.92 Å². The van der Waals surface area contributed by atoms with E-state index in [2.05, 4.69) is 4.98 Å². The van der Waals surface area contributed by atoms with Crippen LogP contribution in [0.15, 0.2) is 36.5 Å². The number of hydrogen-bond acceptors (Lipinski definition) is 4. The lowest BCUT2D eigenvalue weighted by molar-refractivity contribution is -0.139. The summed E-state index contributed by atoms with van der Waals surface area (Å²) in [5.41, 5.74) is 1.86. The molecule has 1 aliphatic carbocycles. The van der Waals surface area contributed by atoms with Crippen LogP contribution in [0.5, 0.6) is 0 Å². The van der Waals surface area contributed by atoms with Crippen molar-refractivity contribution >= 4 is 28.4 Å². The first-order valence-electron chi connectivity index (χ1n) is 9.25. The smallest absolute Gasteiger partial charge is 0.242 e. The molecular formula is C20H24N4O2. The largest absolute Gasteiger partial charge is 0.364 e. The number of rotatable bonds is 4. The fourth-order valence-electron chi connectivity index (χ4n) is 3.55. The van der Waals surface area contributed by atoms with Gasteiger partial charge in [0, 0.05) is 50.7 Å². The molecule has 1 aromatic carbocycles. The zero-order valence-electron chi connectivity index (χ0n) is 15.1. The van der Waals surface area contributed by atoms with Gasteiger partial charge in [0.15, 0.2) is 0 Å². The first kappa shape index (κ1) is 16.8. The molecule has 1 saturated carbocycles. The minimum absolute atomic E-state index is 0.0963. The SMILES string of the molecule is CN(CC(=O)N1CCN(C(=O)C2CC2)CC1)c1cccc2cccnc12. The van der Waals surface area contributed by atoms with E-state index in [0.29, 0.717) is 32.7 Å². The van der Waals surface area contributed by atoms with Gasteiger partial charge in [-0.2, -0.15) is 0 Å². The highest BCUT2D eigenvalue weighted by atomic mass is 16.2. The van der Waals surface area contributed by atoms with Crippen molar-refractivity contribution in [3.05, 3.63) is 36.5 Å². The molecule has 0 unspecified atom stereocenters. The van der Waals surface area contributed by atoms with Crippen molar-refractivity contribution in [1.29, 1.82) is 0 Å². The molecule has 136 valence electrons. The summed E-state index contributed by atoms with van der Waals surface area (Å²) in [6, 6.07) is 9.95. The highest BCUT2D eigenvalue weighted by Gasteiger charge is 2.35. The van der Waals surface area contributed by atoms with Gasteiger partial charge in [-0.15, -0.1) is 0 Å². The number of benzene rings is 1. The van der Waals surface area contributed by atoms with Crippen LogP contribution in [-0.4, -0.2) is 66.4 Å². The van der Waals surface area contributed by atoms with Gasteiger partial charge in [-0.1, -0.05) is 18.2 Å². The molecule has 2 amide bonds. The molecule has 6 nitrogen and oxygen atoms in total. The van der Waals surface area contributed by atoms with Crippen LogP contribution in [0.4, 0.5) is 5.69 Å². The first-order chi connectivity index (χ1) is 12.6. The Labute approximate surface area is 153 Å². The van der Waals surface area contributed by atoms with Crippen molar-refractivity contribution in [3.63, 3.8) is 0 Å². The van der Waals surface area contributed by atoms with Crippen LogP contribution in [-0.2, 0) is 9.59 Å². The maximum Gasteiger partial charge on any atom is 0.242 e. The van der Waals surface area contributed by atoms with E-state index in [1.54, 1.807) is 6.20 Å². The lowest BCUT2D eigenvalue weighted by atomic mass is 10.2. The van der Waals surface area contributed by atoms with E-state index in [1.165, 1.54) is 0 Å². The molecule has 0 spiro atoms. The van der Waals surface area contributed by atoms with Crippen molar-refractivity contribution in [2.24, 2.45) is 5.92 Å². The zero-order chi connectivity index (χ0) is 18.1. The fourth-order valence-corrected chi connectivity index (χ4v) is 3.55. The van der Waals surface area contributed by atoms with Gasteiger partial charge in [0.05, 0.1) is 17.7 Å². The summed E-state index contributed by atoms with van der Waals surface area (Å²) < 4.78 is 0. The molecule has 1 saturated heterocycles. The number of aromatic nitrogens is 1. The summed E-state index contributed by atoms with van der Waals surface area (Å²) in [5.74, 6) is 0.622. The third kappa shape index (κ3) is 3.36. The second kappa shape index (κ2) is 6.94. The normalized spacial score (nSPS) is 17.4. The Morgan fingerprint density at radius 3 is 2.50 bits per heavy atom. The van der Waals surface area contributed by atoms with E-state index in [-0.39, 0.29) is 17.7 Å². The summed E-state index contributed by atoms with van der Waals surface area (Å²) in [5, 5.41) is 1.07. The Morgan fingerprint density at radius 2 is 1.77 bits per heavy atom. The van der Waals surface area contributed by atoms with Crippen LogP contribution in [0.2, 0.25) is 0 Å². The predicted molar refractivity (Wildman–Crippen MR) is 101 cm³/mol. The van der Waals surface area contributed by atoms with Crippen LogP contribution >= 0.6 is 0 Å². The van der Waals surface area contributed by atoms with E-state index in [9.17, 15) is 9.59 Å². The lowest BCUT2D eigenvalue weighted by Gasteiger charge is -2.35. The highest BCUT2D eigenvalue weighted by Crippen LogP contribution is 2.31. The number of anilines is 1. The molecule has 1 aromatic heterocycles. The Hall–Kier alpha value is -2.63. The van der Waals surface area contributed by atoms with E-state index in [0.717, 1.165) is 29.4 Å². The van der Waals surface area contributed by atoms with E-state index in [1.807, 2.05) is 52.1 Å². The number of pyridine rings is 1. The van der Waals surface area contributed by atoms with Gasteiger partial charge in [-0.25, -0.2) is 0 Å². The molecule has 0 radical (unpaired) electrons. The van der Waals surface area contributed by atoms with Crippen molar-refractivity contribution in [2.75, 3.05) is 44.7 Å². The summed E-state index contributed by atoms with van der Waals surface area (Å²) in [4.78, 5) is 35.0. The number of fused-ring (bicyclic) bond motifs is 1. The van der Waals surface area contributed by atoms with Crippen LogP contribution < -0.4 is 4.90 Å². The van der Waals surface area contributed by atoms with E-state index >= 15 is 0 Å². The molecule has 1 aliphatic heterocycles. The Kier molecular flexibility index (Phi) is 4.49. The van der Waals surface area contributed by atoms with Crippen LogP contribution in [0.25, 0.3) is 10.9 Å². The number of likely N-dealkylation sites (N-methyl/N-ethyl adjacent to an activating group) is 1. The second-order valence-electron chi connectivity index (χ2n) is 7.19. The van der Waals surface area contributed by atoms with Gasteiger partial charge < -0.3 is 14.7 Å². The number of nitrogens with zero attached hydrogens (tertiary/aromatic N) is 4. The van der Waals surface area contributed by atoms with Crippen molar-refractivity contribution in [3.8, 4) is 0 Å². The third-order valence-electron chi connectivity index (χ3n) is 5.27. The molecule has 0 N–H and O–H groups in total. The Morgan fingerprint density at radius 1 is 1.08 bits per heavy atom. The third-order valence-corrected chi connectivity index (χ3v) is 5.27. The summed E-state index contributed by atoms with van der Waals surface area (Å²) >= 11 is 0. The molecule has 2 aliphatic rings. The minimum Gasteiger partial charge on any atom is -0.364 e. The summed E-state index contributed by atoms with van der Waals surface area (Å²) in [7, 11) is 1.92. The number of carbonyl (C=O) groups is 2. The van der Waals surface area contributed by atoms with Crippen LogP contribution in [0.3, 0.4) is 0 Å². The Bertz CT molecular complexity index is 820. The number of para-hydroxylation sites is 1. The van der Waals surface area contributed by atoms with E-state index in [4.69, 9.17) is 0 Å². The summed E-state index contributed by atoms with van der Waals surface area (Å²) in [6.45, 7) is 2.87. The highest BCUT2D eigenvalue weighted by molar-refractivity contribution is 5.92. The molecule has 4 rings (SSSR count). The molecular weight excluding hydrogens is 328 g/mol. The topological polar surface area (TPSA) is 56.8 Å². The zero-order valence-corrected chi connectivity index (χ0v) is 15.1. The lowest BCUT2D eigenvalue weighted by Crippen LogP contribution is -2.52. The van der Waals surface area contributed by atoms with Crippen molar-refractivity contribution in [2.45, 2.75) is 12.8 Å². The van der Waals surface area contributed by atoms with Gasteiger partial charge in [0.25, 0.3) is 0 Å². The quantitative estimate of drug-likeness (QED) is 0.841. The Balaban J connectivity index is 1.38. The predicted octanol–water partition coefficient (Wildman–Crippen LogP) is 1.75. The second-order valence-corrected chi connectivity index (χ2v) is 7.19. The number of carbonyl (C=O) groups excluding carboxylic acids is 2. The van der Waals surface area contributed by atoms with Gasteiger partial charge >= 0.3 is 0 Å². The van der Waals surface area contributed by atoms with Crippen molar-refractivity contribution in [1.82, 2.24) is 14.8 Å². The number of amides is 2. The van der Waals surface area contributed by atoms with Gasteiger partial charge in [-0.05, 0) is 25.0 Å². The van der Waals surface area contributed by atoms with Crippen LogP contribution in [0.1, 0.15) is 12.8 Å². The van der Waals surface area contributed by atoms with Gasteiger partial charge in [0.1, 0.15) is 0 Å². The number of hydrogen-bond donors (Lipinski definition) is 0. The fraction of sp³-hybridized carbons (Fsp3) is 0.450. The molecule has 0 atom stereocenters. The molecule has 26 heavy (non-hydrogen) atoms. The van der Waals surface area contributed by atoms with E-state index < -0.39 is 0 Å². The standard InChI is InChI=1S/C20H24N4O2/c1-22(17-6-2-4-15-5-3-9-21-19(15)17)14-18(25)23-10-12-24(13-11-23)20(26)16-7-8-16/h2-6,9,16H,7-8,10-14H2,1H3. The minimum atomic E-state index is 0.0963. The van der Waals surface area contributed by atoms with Gasteiger partial charge in [-0.3, -0.25) is 14.6 Å². The first-order valence-corrected chi connectivity index (χ1v) is 9.25. The number of piperazine rings is 1. The van der Waals surface area contributed by atoms with Gasteiger partial charge in [0.2, 0.25) is 11.8 Å². The summed E-state index contributed by atoms with van der Waals surface area (Å²) in [6.07, 6.45) is 3.83. The molecule has 2 heterocycles. The molecule has 2 aromatic rings. The van der Waals surface area contributed by atoms with Crippen molar-refractivity contribution < 1.29 is 9.59 Å². The average Bonchev–Trinajstić information content (AvgIpc) is 3.52. The molecule has 2 fully saturated rings. The monoisotopic (exact) mass is 352 g/mol. The molecule has 0 bridgehead atoms.